The maximum absolute atomic E-state index is 10.8. The second kappa shape index (κ2) is 2.11. The molecule has 2 bridgehead atoms. The second-order valence-electron chi connectivity index (χ2n) is 3.03. The summed E-state index contributed by atoms with van der Waals surface area (Å²) in [6, 6.07) is 0. The van der Waals surface area contributed by atoms with Crippen LogP contribution in [0.25, 0.3) is 0 Å². The molecule has 0 spiro atoms. The number of carbonyl (C=O) groups is 1. The van der Waals surface area contributed by atoms with Crippen LogP contribution in [-0.2, 0) is 9.53 Å². The van der Waals surface area contributed by atoms with Gasteiger partial charge in [0.05, 0.1) is 13.0 Å². The summed E-state index contributed by atoms with van der Waals surface area (Å²) in [5.41, 5.74) is 0. The molecule has 0 saturated carbocycles. The Morgan fingerprint density at radius 2 is 2.20 bits per heavy atom. The number of rotatable bonds is 0. The van der Waals surface area contributed by atoms with Gasteiger partial charge in [-0.1, -0.05) is 12.2 Å². The van der Waals surface area contributed by atoms with Gasteiger partial charge in [-0.15, -0.1) is 0 Å². The van der Waals surface area contributed by atoms with E-state index < -0.39 is 0 Å². The Kier molecular flexibility index (Phi) is 1.26. The minimum absolute atomic E-state index is 0.0307. The number of esters is 1. The van der Waals surface area contributed by atoms with Gasteiger partial charge in [-0.2, -0.15) is 0 Å². The van der Waals surface area contributed by atoms with E-state index in [0.29, 0.717) is 24.9 Å². The van der Waals surface area contributed by atoms with Gasteiger partial charge >= 0.3 is 5.97 Å². The van der Waals surface area contributed by atoms with Crippen LogP contribution in [0.5, 0.6) is 0 Å². The third-order valence-corrected chi connectivity index (χ3v) is 2.15. The molecule has 1 heterocycles. The number of carbonyl (C=O) groups excluding carboxylic acids is 1. The lowest BCUT2D eigenvalue weighted by molar-refractivity contribution is -0.143. The standard InChI is InChI=1S/C8H10O2/c9-8-4-6-1-2-7(3-6)5-10-8/h1-2,6-7H,3-5H2/t6-,7+/m1/s1. The molecule has 2 aliphatic rings. The lowest BCUT2D eigenvalue weighted by atomic mass is 10.0. The first kappa shape index (κ1) is 5.96. The van der Waals surface area contributed by atoms with Crippen LogP contribution in [-0.4, -0.2) is 12.6 Å². The highest BCUT2D eigenvalue weighted by molar-refractivity contribution is 5.70. The van der Waals surface area contributed by atoms with Crippen molar-refractivity contribution in [1.29, 1.82) is 0 Å². The van der Waals surface area contributed by atoms with Crippen LogP contribution >= 0.6 is 0 Å². The van der Waals surface area contributed by atoms with Gasteiger partial charge in [-0.3, -0.25) is 4.79 Å². The van der Waals surface area contributed by atoms with Gasteiger partial charge in [-0.05, 0) is 12.3 Å². The summed E-state index contributed by atoms with van der Waals surface area (Å²) in [4.78, 5) is 10.8. The van der Waals surface area contributed by atoms with E-state index in [-0.39, 0.29) is 5.97 Å². The normalized spacial score (nSPS) is 37.4. The summed E-state index contributed by atoms with van der Waals surface area (Å²) in [5, 5.41) is 0. The first-order valence-electron chi connectivity index (χ1n) is 3.68. The molecule has 0 radical (unpaired) electrons. The van der Waals surface area contributed by atoms with Gasteiger partial charge in [-0.25, -0.2) is 0 Å². The number of ether oxygens (including phenoxy) is 1. The molecule has 1 fully saturated rings. The Bertz CT molecular complexity index is 184. The molecule has 10 heavy (non-hydrogen) atoms. The zero-order chi connectivity index (χ0) is 6.97. The largest absolute Gasteiger partial charge is 0.465 e. The van der Waals surface area contributed by atoms with Crippen molar-refractivity contribution in [2.45, 2.75) is 12.8 Å². The topological polar surface area (TPSA) is 26.3 Å². The van der Waals surface area contributed by atoms with Crippen molar-refractivity contribution in [3.05, 3.63) is 12.2 Å². The quantitative estimate of drug-likeness (QED) is 0.370. The predicted molar refractivity (Wildman–Crippen MR) is 36.3 cm³/mol. The lowest BCUT2D eigenvalue weighted by Gasteiger charge is -2.03. The molecular formula is C8H10O2. The van der Waals surface area contributed by atoms with E-state index in [9.17, 15) is 4.79 Å². The predicted octanol–water partition coefficient (Wildman–Crippen LogP) is 1.13. The summed E-state index contributed by atoms with van der Waals surface area (Å²) < 4.78 is 4.95. The third kappa shape index (κ3) is 0.939. The van der Waals surface area contributed by atoms with Crippen LogP contribution < -0.4 is 0 Å². The molecule has 0 N–H and O–H groups in total. The Morgan fingerprint density at radius 3 is 3.10 bits per heavy atom. The van der Waals surface area contributed by atoms with Crippen molar-refractivity contribution in [2.24, 2.45) is 11.8 Å². The fourth-order valence-corrected chi connectivity index (χ4v) is 1.61. The highest BCUT2D eigenvalue weighted by Gasteiger charge is 2.26. The number of hydrogen-bond donors (Lipinski definition) is 0. The van der Waals surface area contributed by atoms with E-state index in [4.69, 9.17) is 4.74 Å². The van der Waals surface area contributed by atoms with Crippen molar-refractivity contribution < 1.29 is 9.53 Å². The fourth-order valence-electron chi connectivity index (χ4n) is 1.61. The number of hydrogen-bond acceptors (Lipinski definition) is 2. The molecule has 2 nitrogen and oxygen atoms in total. The maximum Gasteiger partial charge on any atom is 0.306 e. The summed E-state index contributed by atoms with van der Waals surface area (Å²) in [6.07, 6.45) is 6.01. The van der Waals surface area contributed by atoms with Gasteiger partial charge in [0.15, 0.2) is 0 Å². The van der Waals surface area contributed by atoms with Crippen molar-refractivity contribution in [1.82, 2.24) is 0 Å². The van der Waals surface area contributed by atoms with Crippen LogP contribution in [0.1, 0.15) is 12.8 Å². The smallest absolute Gasteiger partial charge is 0.306 e. The van der Waals surface area contributed by atoms with Crippen molar-refractivity contribution >= 4 is 5.97 Å². The first-order chi connectivity index (χ1) is 4.84. The van der Waals surface area contributed by atoms with Gasteiger partial charge in [0.25, 0.3) is 0 Å². The minimum Gasteiger partial charge on any atom is -0.465 e. The van der Waals surface area contributed by atoms with E-state index in [2.05, 4.69) is 12.2 Å². The zero-order valence-corrected chi connectivity index (χ0v) is 5.75. The zero-order valence-electron chi connectivity index (χ0n) is 5.75. The highest BCUT2D eigenvalue weighted by atomic mass is 16.5. The van der Waals surface area contributed by atoms with Gasteiger partial charge in [0, 0.05) is 5.92 Å². The Balaban J connectivity index is 2.14. The molecule has 0 unspecified atom stereocenters. The fraction of sp³-hybridized carbons (Fsp3) is 0.625. The van der Waals surface area contributed by atoms with Gasteiger partial charge in [0.2, 0.25) is 0 Å². The summed E-state index contributed by atoms with van der Waals surface area (Å²) in [6.45, 7) is 0.603. The molecule has 0 aromatic rings. The van der Waals surface area contributed by atoms with E-state index in [1.165, 1.54) is 0 Å². The second-order valence-corrected chi connectivity index (χ2v) is 3.03. The molecule has 0 amide bonds. The van der Waals surface area contributed by atoms with E-state index in [1.54, 1.807) is 0 Å². The molecule has 54 valence electrons. The SMILES string of the molecule is O=C1C[C@@H]2C=C[C@H](CO1)C2. The van der Waals surface area contributed by atoms with Crippen LogP contribution in [0.2, 0.25) is 0 Å². The first-order valence-corrected chi connectivity index (χ1v) is 3.68. The van der Waals surface area contributed by atoms with Crippen molar-refractivity contribution in [3.8, 4) is 0 Å². The van der Waals surface area contributed by atoms with Gasteiger partial charge in [0.1, 0.15) is 0 Å². The summed E-state index contributed by atoms with van der Waals surface area (Å²) >= 11 is 0. The lowest BCUT2D eigenvalue weighted by Crippen LogP contribution is -2.07. The summed E-state index contributed by atoms with van der Waals surface area (Å²) in [5.74, 6) is 0.952. The average molecular weight is 138 g/mol. The van der Waals surface area contributed by atoms with Crippen LogP contribution in [0, 0.1) is 11.8 Å². The van der Waals surface area contributed by atoms with Crippen LogP contribution in [0.4, 0.5) is 0 Å². The minimum atomic E-state index is -0.0307. The molecule has 1 saturated heterocycles. The third-order valence-electron chi connectivity index (χ3n) is 2.15. The monoisotopic (exact) mass is 138 g/mol. The van der Waals surface area contributed by atoms with E-state index in [0.717, 1.165) is 6.42 Å². The maximum atomic E-state index is 10.8. The number of cyclic esters (lactones) is 1. The Morgan fingerprint density at radius 1 is 1.40 bits per heavy atom. The van der Waals surface area contributed by atoms with E-state index >= 15 is 0 Å². The average Bonchev–Trinajstić information content (AvgIpc) is 2.22. The summed E-state index contributed by atoms with van der Waals surface area (Å²) in [7, 11) is 0. The van der Waals surface area contributed by atoms with Crippen molar-refractivity contribution in [2.75, 3.05) is 6.61 Å². The Hall–Kier alpha value is -0.790. The number of fused-ring (bicyclic) bond motifs is 2. The molecule has 2 rings (SSSR count). The molecule has 1 aliphatic heterocycles. The molecule has 2 heteroatoms. The van der Waals surface area contributed by atoms with Crippen LogP contribution in [0.15, 0.2) is 12.2 Å². The Labute approximate surface area is 59.9 Å². The van der Waals surface area contributed by atoms with Crippen molar-refractivity contribution in [3.63, 3.8) is 0 Å². The van der Waals surface area contributed by atoms with Crippen LogP contribution in [0.3, 0.4) is 0 Å². The number of allylic oxidation sites excluding steroid dienone is 1. The van der Waals surface area contributed by atoms with E-state index in [1.807, 2.05) is 0 Å². The van der Waals surface area contributed by atoms with Gasteiger partial charge < -0.3 is 4.74 Å². The molecule has 1 aliphatic carbocycles. The molecule has 2 atom stereocenters. The molecule has 0 aromatic heterocycles. The highest BCUT2D eigenvalue weighted by Crippen LogP contribution is 2.29. The molecule has 0 aromatic carbocycles. The molecular weight excluding hydrogens is 128 g/mol.